The van der Waals surface area contributed by atoms with E-state index < -0.39 is 0 Å². The molecule has 0 aromatic heterocycles. The Bertz CT molecular complexity index is 609. The smallest absolute Gasteiger partial charge is 0.0995 e. The van der Waals surface area contributed by atoms with Crippen molar-refractivity contribution in [3.05, 3.63) is 71.3 Å². The van der Waals surface area contributed by atoms with E-state index in [1.165, 1.54) is 18.4 Å². The largest absolute Gasteiger partial charge is 0.292 e. The number of benzene rings is 2. The van der Waals surface area contributed by atoms with E-state index in [1.807, 2.05) is 18.2 Å². The van der Waals surface area contributed by atoms with Crippen LogP contribution in [-0.2, 0) is 13.1 Å². The predicted molar refractivity (Wildman–Crippen MR) is 79.9 cm³/mol. The highest BCUT2D eigenvalue weighted by molar-refractivity contribution is 5.37. The van der Waals surface area contributed by atoms with Gasteiger partial charge in [0, 0.05) is 19.1 Å². The van der Waals surface area contributed by atoms with Crippen LogP contribution < -0.4 is 0 Å². The van der Waals surface area contributed by atoms with Gasteiger partial charge in [-0.05, 0) is 30.0 Å². The van der Waals surface area contributed by atoms with Gasteiger partial charge in [-0.2, -0.15) is 5.26 Å². The van der Waals surface area contributed by atoms with Crippen molar-refractivity contribution < 1.29 is 0 Å². The molecule has 0 atom stereocenters. The molecule has 0 N–H and O–H groups in total. The molecule has 2 aromatic rings. The average Bonchev–Trinajstić information content (AvgIpc) is 3.33. The summed E-state index contributed by atoms with van der Waals surface area (Å²) in [5.41, 5.74) is 3.28. The van der Waals surface area contributed by atoms with Crippen LogP contribution in [-0.4, -0.2) is 10.9 Å². The third kappa shape index (κ3) is 3.07. The van der Waals surface area contributed by atoms with Gasteiger partial charge in [0.15, 0.2) is 0 Å². The van der Waals surface area contributed by atoms with Gasteiger partial charge in [0.25, 0.3) is 0 Å². The Morgan fingerprint density at radius 3 is 2.35 bits per heavy atom. The molecule has 0 radical (unpaired) electrons. The van der Waals surface area contributed by atoms with Crippen LogP contribution in [0.1, 0.15) is 29.5 Å². The van der Waals surface area contributed by atoms with E-state index in [4.69, 9.17) is 0 Å². The van der Waals surface area contributed by atoms with Crippen LogP contribution in [0.3, 0.4) is 0 Å². The van der Waals surface area contributed by atoms with Crippen molar-refractivity contribution in [2.24, 2.45) is 0 Å². The van der Waals surface area contributed by atoms with Gasteiger partial charge in [-0.15, -0.1) is 0 Å². The number of rotatable bonds is 5. The molecule has 0 saturated heterocycles. The second kappa shape index (κ2) is 5.90. The number of hydrogen-bond acceptors (Lipinski definition) is 2. The highest BCUT2D eigenvalue weighted by Crippen LogP contribution is 2.30. The monoisotopic (exact) mass is 262 g/mol. The van der Waals surface area contributed by atoms with Crippen LogP contribution in [0.5, 0.6) is 0 Å². The summed E-state index contributed by atoms with van der Waals surface area (Å²) < 4.78 is 0. The quantitative estimate of drug-likeness (QED) is 0.821. The Labute approximate surface area is 120 Å². The third-order valence-corrected chi connectivity index (χ3v) is 3.80. The summed E-state index contributed by atoms with van der Waals surface area (Å²) in [6.07, 6.45) is 2.56. The Hall–Kier alpha value is -2.11. The zero-order valence-electron chi connectivity index (χ0n) is 11.5. The number of nitriles is 1. The van der Waals surface area contributed by atoms with Gasteiger partial charge in [0.2, 0.25) is 0 Å². The van der Waals surface area contributed by atoms with Crippen molar-refractivity contribution in [3.8, 4) is 6.07 Å². The summed E-state index contributed by atoms with van der Waals surface area (Å²) in [6, 6.07) is 21.5. The summed E-state index contributed by atoms with van der Waals surface area (Å²) >= 11 is 0. The van der Waals surface area contributed by atoms with Gasteiger partial charge in [0.05, 0.1) is 11.6 Å². The van der Waals surface area contributed by atoms with E-state index in [2.05, 4.69) is 47.4 Å². The van der Waals surface area contributed by atoms with Crippen LogP contribution in [0.4, 0.5) is 0 Å². The van der Waals surface area contributed by atoms with Gasteiger partial charge in [-0.1, -0.05) is 48.5 Å². The maximum Gasteiger partial charge on any atom is 0.0995 e. The molecular formula is C18H18N2. The highest BCUT2D eigenvalue weighted by atomic mass is 15.2. The van der Waals surface area contributed by atoms with Crippen LogP contribution in [0, 0.1) is 11.3 Å². The molecule has 0 amide bonds. The minimum atomic E-state index is 0.682. The van der Waals surface area contributed by atoms with Crippen molar-refractivity contribution >= 4 is 0 Å². The molecule has 2 nitrogen and oxygen atoms in total. The molecule has 0 aliphatic heterocycles. The Morgan fingerprint density at radius 1 is 0.950 bits per heavy atom. The molecule has 1 fully saturated rings. The maximum atomic E-state index is 9.21. The van der Waals surface area contributed by atoms with Crippen molar-refractivity contribution in [1.82, 2.24) is 4.90 Å². The SMILES string of the molecule is N#Cc1ccccc1CN(Cc1ccccc1)C1CC1. The average molecular weight is 262 g/mol. The molecule has 0 spiro atoms. The summed E-state index contributed by atoms with van der Waals surface area (Å²) in [5.74, 6) is 0. The maximum absolute atomic E-state index is 9.21. The van der Waals surface area contributed by atoms with Crippen molar-refractivity contribution in [2.75, 3.05) is 0 Å². The fourth-order valence-electron chi connectivity index (χ4n) is 2.56. The normalized spacial score (nSPS) is 14.2. The zero-order valence-corrected chi connectivity index (χ0v) is 11.5. The molecule has 1 saturated carbocycles. The molecule has 3 rings (SSSR count). The first-order valence-electron chi connectivity index (χ1n) is 7.13. The fraction of sp³-hybridized carbons (Fsp3) is 0.278. The van der Waals surface area contributed by atoms with E-state index in [0.717, 1.165) is 24.2 Å². The highest BCUT2D eigenvalue weighted by Gasteiger charge is 2.29. The van der Waals surface area contributed by atoms with Gasteiger partial charge in [0.1, 0.15) is 0 Å². The Kier molecular flexibility index (Phi) is 3.80. The fourth-order valence-corrected chi connectivity index (χ4v) is 2.56. The van der Waals surface area contributed by atoms with E-state index in [0.29, 0.717) is 6.04 Å². The van der Waals surface area contributed by atoms with E-state index >= 15 is 0 Å². The van der Waals surface area contributed by atoms with Crippen LogP contribution in [0.2, 0.25) is 0 Å². The first kappa shape index (κ1) is 12.9. The molecule has 2 heteroatoms. The van der Waals surface area contributed by atoms with E-state index in [-0.39, 0.29) is 0 Å². The van der Waals surface area contributed by atoms with Crippen LogP contribution >= 0.6 is 0 Å². The Morgan fingerprint density at radius 2 is 1.65 bits per heavy atom. The summed E-state index contributed by atoms with van der Waals surface area (Å²) in [7, 11) is 0. The molecule has 2 aromatic carbocycles. The lowest BCUT2D eigenvalue weighted by molar-refractivity contribution is 0.245. The summed E-state index contributed by atoms with van der Waals surface area (Å²) in [6.45, 7) is 1.83. The molecule has 100 valence electrons. The van der Waals surface area contributed by atoms with Gasteiger partial charge in [-0.25, -0.2) is 0 Å². The number of nitrogens with zero attached hydrogens (tertiary/aromatic N) is 2. The molecule has 1 aliphatic rings. The molecule has 0 bridgehead atoms. The van der Waals surface area contributed by atoms with E-state index in [1.54, 1.807) is 0 Å². The second-order valence-corrected chi connectivity index (χ2v) is 5.39. The van der Waals surface area contributed by atoms with Crippen molar-refractivity contribution in [1.29, 1.82) is 5.26 Å². The topological polar surface area (TPSA) is 27.0 Å². The second-order valence-electron chi connectivity index (χ2n) is 5.39. The molecule has 20 heavy (non-hydrogen) atoms. The van der Waals surface area contributed by atoms with E-state index in [9.17, 15) is 5.26 Å². The third-order valence-electron chi connectivity index (χ3n) is 3.80. The minimum absolute atomic E-state index is 0.682. The molecule has 1 aliphatic carbocycles. The zero-order chi connectivity index (χ0) is 13.8. The van der Waals surface area contributed by atoms with Crippen LogP contribution in [0.15, 0.2) is 54.6 Å². The van der Waals surface area contributed by atoms with Crippen molar-refractivity contribution in [2.45, 2.75) is 32.0 Å². The van der Waals surface area contributed by atoms with Crippen LogP contribution in [0.25, 0.3) is 0 Å². The van der Waals surface area contributed by atoms with Gasteiger partial charge >= 0.3 is 0 Å². The predicted octanol–water partition coefficient (Wildman–Crippen LogP) is 3.72. The Balaban J connectivity index is 1.77. The summed E-state index contributed by atoms with van der Waals surface area (Å²) in [4.78, 5) is 2.49. The minimum Gasteiger partial charge on any atom is -0.292 e. The lowest BCUT2D eigenvalue weighted by Crippen LogP contribution is -2.25. The molecular weight excluding hydrogens is 244 g/mol. The lowest BCUT2D eigenvalue weighted by Gasteiger charge is -2.22. The molecule has 0 unspecified atom stereocenters. The first-order valence-corrected chi connectivity index (χ1v) is 7.13. The lowest BCUT2D eigenvalue weighted by atomic mass is 10.1. The van der Waals surface area contributed by atoms with Gasteiger partial charge < -0.3 is 0 Å². The summed E-state index contributed by atoms with van der Waals surface area (Å²) in [5, 5.41) is 9.21. The standard InChI is InChI=1S/C18H18N2/c19-12-16-8-4-5-9-17(16)14-20(18-10-11-18)13-15-6-2-1-3-7-15/h1-9,18H,10-11,13-14H2. The van der Waals surface area contributed by atoms with Crippen molar-refractivity contribution in [3.63, 3.8) is 0 Å². The number of hydrogen-bond donors (Lipinski definition) is 0. The first-order chi connectivity index (χ1) is 9.86. The van der Waals surface area contributed by atoms with Gasteiger partial charge in [-0.3, -0.25) is 4.90 Å². The molecule has 0 heterocycles.